The van der Waals surface area contributed by atoms with Crippen LogP contribution in [0, 0.1) is 5.92 Å². The fraction of sp³-hybridized carbons (Fsp3) is 0.667. The van der Waals surface area contributed by atoms with Gasteiger partial charge in [-0.05, 0) is 0 Å². The van der Waals surface area contributed by atoms with E-state index in [0.29, 0.717) is 0 Å². The molecule has 0 aliphatic rings. The summed E-state index contributed by atoms with van der Waals surface area (Å²) >= 11 is 0. The van der Waals surface area contributed by atoms with Gasteiger partial charge in [0.2, 0.25) is 0 Å². The molecular formula is C6H5F7. The average molecular weight is 210 g/mol. The van der Waals surface area contributed by atoms with Crippen LogP contribution in [-0.2, 0) is 0 Å². The molecule has 0 nitrogen and oxygen atoms in total. The Balaban J connectivity index is 4.63. The maximum Gasteiger partial charge on any atom is 0.394 e. The van der Waals surface area contributed by atoms with Crippen LogP contribution >= 0.6 is 0 Å². The van der Waals surface area contributed by atoms with Crippen molar-refractivity contribution in [1.82, 2.24) is 0 Å². The summed E-state index contributed by atoms with van der Waals surface area (Å²) in [6.45, 7) is 0.285. The number of rotatable bonds is 2. The predicted octanol–water partition coefficient (Wildman–Crippen LogP) is 3.60. The lowest BCUT2D eigenvalue weighted by molar-refractivity contribution is -0.183. The number of hydrogen-bond acceptors (Lipinski definition) is 0. The van der Waals surface area contributed by atoms with Crippen molar-refractivity contribution in [2.24, 2.45) is 5.92 Å². The fourth-order valence-electron chi connectivity index (χ4n) is 0.490. The lowest BCUT2D eigenvalue weighted by atomic mass is 10.1. The first-order valence-corrected chi connectivity index (χ1v) is 3.09. The number of alkyl halides is 4. The molecule has 78 valence electrons. The molecule has 0 saturated heterocycles. The highest BCUT2D eigenvalue weighted by molar-refractivity contribution is 5.01. The fourth-order valence-corrected chi connectivity index (χ4v) is 0.490. The molecule has 0 rings (SSSR count). The normalized spacial score (nSPS) is 16.6. The smallest absolute Gasteiger partial charge is 0.239 e. The third-order valence-electron chi connectivity index (χ3n) is 1.38. The van der Waals surface area contributed by atoms with E-state index in [0.717, 1.165) is 0 Å². The largest absolute Gasteiger partial charge is 0.394 e. The van der Waals surface area contributed by atoms with Crippen molar-refractivity contribution in [2.45, 2.75) is 19.3 Å². The summed E-state index contributed by atoms with van der Waals surface area (Å²) in [5, 5.41) is 0. The molecule has 0 aliphatic heterocycles. The standard InChI is InChI=1S/C6H5F7/c1-2(6(11,12)13)3(7)4(8)5(9)10/h2-3H,1H3. The highest BCUT2D eigenvalue weighted by Crippen LogP contribution is 2.34. The molecule has 0 aromatic carbocycles. The molecule has 0 bridgehead atoms. The van der Waals surface area contributed by atoms with E-state index in [-0.39, 0.29) is 6.92 Å². The van der Waals surface area contributed by atoms with Crippen LogP contribution in [0.5, 0.6) is 0 Å². The Morgan fingerprint density at radius 1 is 1.08 bits per heavy atom. The van der Waals surface area contributed by atoms with Crippen molar-refractivity contribution in [1.29, 1.82) is 0 Å². The van der Waals surface area contributed by atoms with E-state index in [2.05, 4.69) is 0 Å². The zero-order chi connectivity index (χ0) is 10.8. The third kappa shape index (κ3) is 3.23. The Morgan fingerprint density at radius 3 is 1.69 bits per heavy atom. The quantitative estimate of drug-likeness (QED) is 0.611. The molecule has 2 atom stereocenters. The summed E-state index contributed by atoms with van der Waals surface area (Å²) in [5.74, 6) is -5.45. The molecule has 0 aromatic rings. The number of hydrogen-bond donors (Lipinski definition) is 0. The van der Waals surface area contributed by atoms with Gasteiger partial charge < -0.3 is 0 Å². The highest BCUT2D eigenvalue weighted by Gasteiger charge is 2.44. The number of allylic oxidation sites excluding steroid dienone is 1. The van der Waals surface area contributed by atoms with E-state index in [1.165, 1.54) is 0 Å². The van der Waals surface area contributed by atoms with E-state index in [9.17, 15) is 30.7 Å². The van der Waals surface area contributed by atoms with E-state index >= 15 is 0 Å². The Morgan fingerprint density at radius 2 is 1.46 bits per heavy atom. The monoisotopic (exact) mass is 210 g/mol. The van der Waals surface area contributed by atoms with Gasteiger partial charge in [-0.1, -0.05) is 6.92 Å². The van der Waals surface area contributed by atoms with Crippen LogP contribution in [0.3, 0.4) is 0 Å². The minimum atomic E-state index is -5.04. The van der Waals surface area contributed by atoms with Crippen LogP contribution in [0.25, 0.3) is 0 Å². The maximum atomic E-state index is 12.3. The summed E-state index contributed by atoms with van der Waals surface area (Å²) in [6.07, 6.45) is -11.4. The second kappa shape index (κ2) is 3.97. The van der Waals surface area contributed by atoms with Gasteiger partial charge in [0.15, 0.2) is 12.0 Å². The van der Waals surface area contributed by atoms with Crippen molar-refractivity contribution in [2.75, 3.05) is 0 Å². The van der Waals surface area contributed by atoms with Gasteiger partial charge in [0.25, 0.3) is 0 Å². The first kappa shape index (κ1) is 12.2. The minimum absolute atomic E-state index is 0.285. The first-order valence-electron chi connectivity index (χ1n) is 3.09. The molecule has 0 amide bonds. The van der Waals surface area contributed by atoms with Gasteiger partial charge in [0, 0.05) is 0 Å². The van der Waals surface area contributed by atoms with Gasteiger partial charge in [-0.2, -0.15) is 22.0 Å². The average Bonchev–Trinajstić information content (AvgIpc) is 1.98. The SMILES string of the molecule is CC(C(F)C(F)=C(F)F)C(F)(F)F. The predicted molar refractivity (Wildman–Crippen MR) is 30.5 cm³/mol. The van der Waals surface area contributed by atoms with E-state index in [4.69, 9.17) is 0 Å². The van der Waals surface area contributed by atoms with Crippen molar-refractivity contribution in [3.63, 3.8) is 0 Å². The molecule has 0 aromatic heterocycles. The molecule has 2 unspecified atom stereocenters. The van der Waals surface area contributed by atoms with Gasteiger partial charge >= 0.3 is 12.3 Å². The molecule has 0 fully saturated rings. The van der Waals surface area contributed by atoms with Crippen molar-refractivity contribution >= 4 is 0 Å². The Labute approximate surface area is 69.0 Å². The molecule has 0 N–H and O–H groups in total. The maximum absolute atomic E-state index is 12.3. The summed E-state index contributed by atoms with van der Waals surface area (Å²) in [7, 11) is 0. The van der Waals surface area contributed by atoms with Gasteiger partial charge in [0.1, 0.15) is 0 Å². The van der Waals surface area contributed by atoms with Gasteiger partial charge in [-0.25, -0.2) is 8.78 Å². The molecule has 0 aliphatic carbocycles. The van der Waals surface area contributed by atoms with Gasteiger partial charge in [-0.15, -0.1) is 0 Å². The molecule has 13 heavy (non-hydrogen) atoms. The van der Waals surface area contributed by atoms with Crippen LogP contribution in [0.2, 0.25) is 0 Å². The van der Waals surface area contributed by atoms with E-state index in [1.54, 1.807) is 0 Å². The van der Waals surface area contributed by atoms with Crippen LogP contribution < -0.4 is 0 Å². The Hall–Kier alpha value is -0.750. The zero-order valence-electron chi connectivity index (χ0n) is 6.30. The second-order valence-electron chi connectivity index (χ2n) is 2.34. The van der Waals surface area contributed by atoms with Crippen molar-refractivity contribution < 1.29 is 30.7 Å². The van der Waals surface area contributed by atoms with Crippen LogP contribution in [0.1, 0.15) is 6.92 Å². The van der Waals surface area contributed by atoms with Gasteiger partial charge in [0.05, 0.1) is 5.92 Å². The van der Waals surface area contributed by atoms with E-state index < -0.39 is 30.2 Å². The molecular weight excluding hydrogens is 205 g/mol. The molecule has 0 spiro atoms. The van der Waals surface area contributed by atoms with Crippen molar-refractivity contribution in [3.05, 3.63) is 11.9 Å². The Bertz CT molecular complexity index is 200. The van der Waals surface area contributed by atoms with Gasteiger partial charge in [-0.3, -0.25) is 0 Å². The molecule has 7 heteroatoms. The lowest BCUT2D eigenvalue weighted by Gasteiger charge is -2.17. The number of halogens is 7. The molecule has 0 radical (unpaired) electrons. The Kier molecular flexibility index (Phi) is 3.74. The second-order valence-corrected chi connectivity index (χ2v) is 2.34. The van der Waals surface area contributed by atoms with Crippen LogP contribution in [0.4, 0.5) is 30.7 Å². The topological polar surface area (TPSA) is 0 Å². The lowest BCUT2D eigenvalue weighted by Crippen LogP contribution is -2.29. The molecule has 0 heterocycles. The summed E-state index contributed by atoms with van der Waals surface area (Å²) in [4.78, 5) is 0. The van der Waals surface area contributed by atoms with Crippen LogP contribution in [-0.4, -0.2) is 12.3 Å². The summed E-state index contributed by atoms with van der Waals surface area (Å²) in [5.41, 5.74) is 0. The third-order valence-corrected chi connectivity index (χ3v) is 1.38. The van der Waals surface area contributed by atoms with Crippen LogP contribution in [0.15, 0.2) is 11.9 Å². The minimum Gasteiger partial charge on any atom is -0.239 e. The molecule has 0 saturated carbocycles. The summed E-state index contributed by atoms with van der Waals surface area (Å²) < 4.78 is 81.9. The van der Waals surface area contributed by atoms with E-state index in [1.807, 2.05) is 0 Å². The highest BCUT2D eigenvalue weighted by atomic mass is 19.4. The first-order chi connectivity index (χ1) is 5.68. The van der Waals surface area contributed by atoms with Crippen molar-refractivity contribution in [3.8, 4) is 0 Å². The summed E-state index contributed by atoms with van der Waals surface area (Å²) in [6, 6.07) is 0. The zero-order valence-corrected chi connectivity index (χ0v) is 6.30.